The first-order chi connectivity index (χ1) is 26.1. The first kappa shape index (κ1) is 37.7. The Morgan fingerprint density at radius 2 is 1.69 bits per heavy atom. The molecule has 4 heterocycles. The molecule has 1 N–H and O–H groups in total. The van der Waals surface area contributed by atoms with Crippen molar-refractivity contribution in [1.29, 1.82) is 5.26 Å². The standard InChI is InChI=1S/C41H47N8O4P/c1-26(2)49(27(3)4)54(50-19-11-18-42)51-23-36-33(22-37(53-36)48-25-46-38-39(43-7)44-24-45-40(38)48)47-41(30-12-9-8-10-13-30)31-20-28(5)14-16-34(31)52-35-17-15-29(6)21-32(35)41/h8-10,12-17,20-21,24-27,33,36-37,47H,7,11,19,22-23H2,1-6H3/t33-,36+,37+,54?/m0/s1. The number of aliphatic imine (C=N–C) groups is 1. The van der Waals surface area contributed by atoms with E-state index in [1.54, 1.807) is 6.33 Å². The topological polar surface area (TPSA) is 132 Å². The number of hydrogen-bond acceptors (Lipinski definition) is 11. The molecule has 0 amide bonds. The number of hydrogen-bond donors (Lipinski definition) is 1. The quantitative estimate of drug-likeness (QED) is 0.0671. The lowest BCUT2D eigenvalue weighted by molar-refractivity contribution is -0.0243. The lowest BCUT2D eigenvalue weighted by Crippen LogP contribution is -2.54. The summed E-state index contributed by atoms with van der Waals surface area (Å²) in [4.78, 5) is 17.5. The maximum Gasteiger partial charge on any atom is 0.259 e. The zero-order valence-corrected chi connectivity index (χ0v) is 32.5. The van der Waals surface area contributed by atoms with Crippen LogP contribution in [0.3, 0.4) is 0 Å². The van der Waals surface area contributed by atoms with Crippen LogP contribution in [0.4, 0.5) is 5.82 Å². The van der Waals surface area contributed by atoms with Crippen LogP contribution in [0.1, 0.15) is 74.6 Å². The third kappa shape index (κ3) is 7.16. The summed E-state index contributed by atoms with van der Waals surface area (Å²) in [6.07, 6.45) is 3.14. The third-order valence-corrected chi connectivity index (χ3v) is 12.0. The van der Waals surface area contributed by atoms with Gasteiger partial charge in [0.1, 0.15) is 29.6 Å². The maximum atomic E-state index is 9.31. The predicted molar refractivity (Wildman–Crippen MR) is 210 cm³/mol. The number of fused-ring (bicyclic) bond motifs is 3. The second kappa shape index (κ2) is 16.0. The molecule has 1 unspecified atom stereocenters. The molecule has 0 spiro atoms. The highest BCUT2D eigenvalue weighted by Crippen LogP contribution is 2.52. The third-order valence-electron chi connectivity index (χ3n) is 9.95. The van der Waals surface area contributed by atoms with E-state index in [0.29, 0.717) is 23.4 Å². The fourth-order valence-electron chi connectivity index (χ4n) is 7.66. The van der Waals surface area contributed by atoms with Crippen molar-refractivity contribution >= 4 is 32.2 Å². The van der Waals surface area contributed by atoms with Gasteiger partial charge in [-0.05, 0) is 78.1 Å². The van der Waals surface area contributed by atoms with Gasteiger partial charge in [0.2, 0.25) is 0 Å². The molecule has 1 fully saturated rings. The molecule has 0 bridgehead atoms. The highest BCUT2D eigenvalue weighted by atomic mass is 31.2. The van der Waals surface area contributed by atoms with Gasteiger partial charge in [0.15, 0.2) is 17.0 Å². The molecule has 13 heteroatoms. The molecule has 0 saturated carbocycles. The molecule has 0 aliphatic carbocycles. The molecule has 54 heavy (non-hydrogen) atoms. The van der Waals surface area contributed by atoms with Crippen LogP contribution in [0.15, 0.2) is 84.4 Å². The molecule has 1 saturated heterocycles. The Morgan fingerprint density at radius 3 is 2.31 bits per heavy atom. The normalized spacial score (nSPS) is 19.4. The summed E-state index contributed by atoms with van der Waals surface area (Å²) in [6, 6.07) is 25.5. The van der Waals surface area contributed by atoms with Gasteiger partial charge in [0.05, 0.1) is 38.1 Å². The minimum atomic E-state index is -1.52. The number of nitriles is 1. The van der Waals surface area contributed by atoms with Crippen LogP contribution in [0, 0.1) is 25.2 Å². The van der Waals surface area contributed by atoms with E-state index < -0.39 is 26.4 Å². The van der Waals surface area contributed by atoms with Crippen LogP contribution >= 0.6 is 8.53 Å². The van der Waals surface area contributed by atoms with Crippen LogP contribution in [-0.4, -0.2) is 68.4 Å². The second-order valence-electron chi connectivity index (χ2n) is 14.4. The van der Waals surface area contributed by atoms with E-state index in [0.717, 1.165) is 39.3 Å². The van der Waals surface area contributed by atoms with E-state index in [1.807, 2.05) is 10.6 Å². The molecule has 3 aromatic carbocycles. The van der Waals surface area contributed by atoms with E-state index in [4.69, 9.17) is 18.5 Å². The van der Waals surface area contributed by atoms with Gasteiger partial charge in [-0.2, -0.15) is 5.26 Å². The maximum absolute atomic E-state index is 9.31. The smallest absolute Gasteiger partial charge is 0.259 e. The summed E-state index contributed by atoms with van der Waals surface area (Å²) in [5.41, 5.74) is 5.69. The van der Waals surface area contributed by atoms with E-state index in [1.165, 1.54) is 6.33 Å². The molecule has 2 aromatic heterocycles. The second-order valence-corrected chi connectivity index (χ2v) is 15.8. The Balaban J connectivity index is 1.34. The van der Waals surface area contributed by atoms with Crippen LogP contribution in [-0.2, 0) is 19.3 Å². The summed E-state index contributed by atoms with van der Waals surface area (Å²) in [5.74, 6) is 1.99. The zero-order valence-electron chi connectivity index (χ0n) is 31.6. The molecule has 12 nitrogen and oxygen atoms in total. The minimum Gasteiger partial charge on any atom is -0.457 e. The first-order valence-corrected chi connectivity index (χ1v) is 19.5. The van der Waals surface area contributed by atoms with Crippen LogP contribution in [0.25, 0.3) is 11.2 Å². The van der Waals surface area contributed by atoms with Gasteiger partial charge in [-0.1, -0.05) is 53.6 Å². The minimum absolute atomic E-state index is 0.150. The molecular formula is C41H47N8O4P. The zero-order chi connectivity index (χ0) is 38.0. The van der Waals surface area contributed by atoms with Crippen molar-refractivity contribution < 1.29 is 18.5 Å². The van der Waals surface area contributed by atoms with Crippen molar-refractivity contribution in [1.82, 2.24) is 29.5 Å². The number of rotatable bonds is 14. The van der Waals surface area contributed by atoms with Crippen LogP contribution in [0.5, 0.6) is 11.5 Å². The Morgan fingerprint density at radius 1 is 1.00 bits per heavy atom. The van der Waals surface area contributed by atoms with Gasteiger partial charge in [-0.15, -0.1) is 0 Å². The average Bonchev–Trinajstić information content (AvgIpc) is 3.78. The highest BCUT2D eigenvalue weighted by Gasteiger charge is 2.49. The van der Waals surface area contributed by atoms with Crippen molar-refractivity contribution in [3.8, 4) is 17.6 Å². The fraction of sp³-hybridized carbons (Fsp3) is 0.390. The lowest BCUT2D eigenvalue weighted by atomic mass is 9.73. The first-order valence-electron chi connectivity index (χ1n) is 18.4. The molecule has 0 radical (unpaired) electrons. The van der Waals surface area contributed by atoms with Gasteiger partial charge < -0.3 is 18.5 Å². The molecular weight excluding hydrogens is 699 g/mol. The Kier molecular flexibility index (Phi) is 11.2. The van der Waals surface area contributed by atoms with Crippen molar-refractivity contribution in [3.63, 3.8) is 0 Å². The van der Waals surface area contributed by atoms with E-state index in [9.17, 15) is 5.26 Å². The van der Waals surface area contributed by atoms with Gasteiger partial charge in [-0.25, -0.2) is 24.6 Å². The summed E-state index contributed by atoms with van der Waals surface area (Å²) in [5, 5.41) is 13.5. The predicted octanol–water partition coefficient (Wildman–Crippen LogP) is 8.41. The highest BCUT2D eigenvalue weighted by molar-refractivity contribution is 7.44. The van der Waals surface area contributed by atoms with Crippen molar-refractivity contribution in [2.24, 2.45) is 4.99 Å². The number of nitrogens with one attached hydrogen (secondary N) is 1. The molecule has 7 rings (SSSR count). The molecule has 5 aromatic rings. The Labute approximate surface area is 318 Å². The van der Waals surface area contributed by atoms with Crippen molar-refractivity contribution in [3.05, 3.63) is 107 Å². The number of imidazole rings is 1. The summed E-state index contributed by atoms with van der Waals surface area (Å²) < 4.78 is 30.9. The van der Waals surface area contributed by atoms with E-state index >= 15 is 0 Å². The molecule has 4 atom stereocenters. The van der Waals surface area contributed by atoms with Gasteiger partial charge in [0.25, 0.3) is 8.53 Å². The van der Waals surface area contributed by atoms with Crippen LogP contribution < -0.4 is 10.1 Å². The van der Waals surface area contributed by atoms with Gasteiger partial charge in [0, 0.05) is 35.7 Å². The monoisotopic (exact) mass is 746 g/mol. The van der Waals surface area contributed by atoms with Crippen molar-refractivity contribution in [2.75, 3.05) is 13.2 Å². The SMILES string of the molecule is C=Nc1ncnc2c1ncn2[C@H]1C[C@H](NC2(c3ccccc3)c3cc(C)ccc3Oc3ccc(C)cc32)[C@@H](COP(OCCC#N)N(C(C)C)C(C)C)O1. The van der Waals surface area contributed by atoms with Crippen molar-refractivity contribution in [2.45, 2.75) is 90.4 Å². The number of aryl methyl sites for hydroxylation is 2. The number of aromatic nitrogens is 4. The summed E-state index contributed by atoms with van der Waals surface area (Å²) in [6.45, 7) is 16.9. The summed E-state index contributed by atoms with van der Waals surface area (Å²) in [7, 11) is -1.52. The average molecular weight is 747 g/mol. The number of ether oxygens (including phenoxy) is 2. The number of nitrogens with zero attached hydrogens (tertiary/aromatic N) is 7. The summed E-state index contributed by atoms with van der Waals surface area (Å²) >= 11 is 0. The molecule has 280 valence electrons. The van der Waals surface area contributed by atoms with Gasteiger partial charge >= 0.3 is 0 Å². The Hall–Kier alpha value is -4.60. The number of benzene rings is 3. The van der Waals surface area contributed by atoms with E-state index in [2.05, 4.69) is 145 Å². The fourth-order valence-corrected chi connectivity index (χ4v) is 9.27. The van der Waals surface area contributed by atoms with Gasteiger partial charge in [-0.3, -0.25) is 9.88 Å². The van der Waals surface area contributed by atoms with Crippen LogP contribution in [0.2, 0.25) is 0 Å². The Bertz CT molecular complexity index is 2090. The largest absolute Gasteiger partial charge is 0.457 e. The van der Waals surface area contributed by atoms with E-state index in [-0.39, 0.29) is 37.8 Å². The molecule has 2 aliphatic heterocycles. The molecule has 2 aliphatic rings. The lowest BCUT2D eigenvalue weighted by Gasteiger charge is -2.44.